The molecule has 0 saturated carbocycles. The molecule has 0 aliphatic heterocycles. The number of amides is 2. The maximum Gasteiger partial charge on any atom is 0.255 e. The zero-order valence-corrected chi connectivity index (χ0v) is 14.0. The van der Waals surface area contributed by atoms with Crippen molar-refractivity contribution in [3.8, 4) is 5.75 Å². The van der Waals surface area contributed by atoms with E-state index in [1.165, 1.54) is 0 Å². The van der Waals surface area contributed by atoms with Gasteiger partial charge in [-0.3, -0.25) is 9.59 Å². The summed E-state index contributed by atoms with van der Waals surface area (Å²) in [5, 5.41) is 2.83. The minimum Gasteiger partial charge on any atom is -0.488 e. The number of carbonyl (C=O) groups is 2. The number of para-hydroxylation sites is 2. The summed E-state index contributed by atoms with van der Waals surface area (Å²) in [6.07, 6.45) is 0. The van der Waals surface area contributed by atoms with Gasteiger partial charge < -0.3 is 15.8 Å². The molecular formula is C21H18N2O3. The standard InChI is InChI=1S/C21H18N2O3/c22-20(24)18-8-4-5-9-19(18)26-14-15-10-12-16(13-11-15)21(25)23-17-6-2-1-3-7-17/h1-13H,14H2,(H2,22,24)(H,23,25). The molecule has 0 atom stereocenters. The first-order valence-electron chi connectivity index (χ1n) is 8.10. The van der Waals surface area contributed by atoms with Crippen LogP contribution in [0.4, 0.5) is 5.69 Å². The third-order valence-corrected chi connectivity index (χ3v) is 3.79. The van der Waals surface area contributed by atoms with Crippen LogP contribution in [0, 0.1) is 0 Å². The Morgan fingerprint density at radius 3 is 2.19 bits per heavy atom. The monoisotopic (exact) mass is 346 g/mol. The first-order valence-corrected chi connectivity index (χ1v) is 8.10. The van der Waals surface area contributed by atoms with Gasteiger partial charge in [0.25, 0.3) is 11.8 Å². The Labute approximate surface area is 151 Å². The van der Waals surface area contributed by atoms with Gasteiger partial charge in [0.1, 0.15) is 12.4 Å². The Kier molecular flexibility index (Phi) is 5.29. The molecule has 3 aromatic carbocycles. The summed E-state index contributed by atoms with van der Waals surface area (Å²) < 4.78 is 5.68. The number of hydrogen-bond donors (Lipinski definition) is 2. The molecule has 0 bridgehead atoms. The number of ether oxygens (including phenoxy) is 1. The van der Waals surface area contributed by atoms with Gasteiger partial charge >= 0.3 is 0 Å². The van der Waals surface area contributed by atoms with E-state index in [9.17, 15) is 9.59 Å². The first kappa shape index (κ1) is 17.2. The van der Waals surface area contributed by atoms with Gasteiger partial charge in [0.2, 0.25) is 0 Å². The highest BCUT2D eigenvalue weighted by molar-refractivity contribution is 6.04. The number of nitrogens with one attached hydrogen (secondary N) is 1. The van der Waals surface area contributed by atoms with Crippen molar-refractivity contribution in [1.82, 2.24) is 0 Å². The van der Waals surface area contributed by atoms with Crippen LogP contribution in [0.25, 0.3) is 0 Å². The Morgan fingerprint density at radius 1 is 0.846 bits per heavy atom. The fourth-order valence-corrected chi connectivity index (χ4v) is 2.43. The molecule has 0 heterocycles. The van der Waals surface area contributed by atoms with Crippen LogP contribution in [0.2, 0.25) is 0 Å². The lowest BCUT2D eigenvalue weighted by Crippen LogP contribution is -2.13. The molecule has 5 heteroatoms. The van der Waals surface area contributed by atoms with Gasteiger partial charge in [0.05, 0.1) is 5.56 Å². The highest BCUT2D eigenvalue weighted by Gasteiger charge is 2.09. The van der Waals surface area contributed by atoms with E-state index in [4.69, 9.17) is 10.5 Å². The maximum absolute atomic E-state index is 12.2. The summed E-state index contributed by atoms with van der Waals surface area (Å²) in [6, 6.07) is 23.2. The molecule has 5 nitrogen and oxygen atoms in total. The summed E-state index contributed by atoms with van der Waals surface area (Å²) in [4.78, 5) is 23.6. The van der Waals surface area contributed by atoms with Crippen molar-refractivity contribution in [2.45, 2.75) is 6.61 Å². The van der Waals surface area contributed by atoms with E-state index < -0.39 is 5.91 Å². The van der Waals surface area contributed by atoms with Crippen LogP contribution in [-0.2, 0) is 6.61 Å². The molecule has 0 saturated heterocycles. The maximum atomic E-state index is 12.2. The van der Waals surface area contributed by atoms with Crippen molar-refractivity contribution >= 4 is 17.5 Å². The Hall–Kier alpha value is -3.60. The van der Waals surface area contributed by atoms with Crippen molar-refractivity contribution in [3.63, 3.8) is 0 Å². The summed E-state index contributed by atoms with van der Waals surface area (Å²) >= 11 is 0. The third kappa shape index (κ3) is 4.27. The van der Waals surface area contributed by atoms with E-state index in [0.717, 1.165) is 11.3 Å². The molecule has 0 unspecified atom stereocenters. The second kappa shape index (κ2) is 7.98. The van der Waals surface area contributed by atoms with Crippen LogP contribution in [0.15, 0.2) is 78.9 Å². The molecule has 0 fully saturated rings. The summed E-state index contributed by atoms with van der Waals surface area (Å²) in [5.74, 6) is -0.276. The molecule has 0 aliphatic carbocycles. The fraction of sp³-hybridized carbons (Fsp3) is 0.0476. The molecule has 2 amide bonds. The number of hydrogen-bond acceptors (Lipinski definition) is 3. The molecule has 130 valence electrons. The van der Waals surface area contributed by atoms with Crippen molar-refractivity contribution in [3.05, 3.63) is 95.6 Å². The van der Waals surface area contributed by atoms with Gasteiger partial charge in [-0.15, -0.1) is 0 Å². The number of benzene rings is 3. The first-order chi connectivity index (χ1) is 12.6. The average molecular weight is 346 g/mol. The largest absolute Gasteiger partial charge is 0.488 e. The molecule has 0 radical (unpaired) electrons. The average Bonchev–Trinajstić information content (AvgIpc) is 2.67. The van der Waals surface area contributed by atoms with Gasteiger partial charge in [-0.25, -0.2) is 0 Å². The smallest absolute Gasteiger partial charge is 0.255 e. The van der Waals surface area contributed by atoms with E-state index in [1.54, 1.807) is 36.4 Å². The predicted octanol–water partition coefficient (Wildman–Crippen LogP) is 3.62. The fourth-order valence-electron chi connectivity index (χ4n) is 2.43. The van der Waals surface area contributed by atoms with Crippen LogP contribution < -0.4 is 15.8 Å². The number of nitrogens with two attached hydrogens (primary N) is 1. The van der Waals surface area contributed by atoms with Crippen molar-refractivity contribution in [2.24, 2.45) is 5.73 Å². The molecule has 0 aromatic heterocycles. The summed E-state index contributed by atoms with van der Waals surface area (Å²) in [6.45, 7) is 0.269. The topological polar surface area (TPSA) is 81.4 Å². The summed E-state index contributed by atoms with van der Waals surface area (Å²) in [7, 11) is 0. The second-order valence-corrected chi connectivity index (χ2v) is 5.67. The Balaban J connectivity index is 1.63. The van der Waals surface area contributed by atoms with Crippen molar-refractivity contribution < 1.29 is 14.3 Å². The molecule has 3 rings (SSSR count). The van der Waals surface area contributed by atoms with Crippen LogP contribution in [0.3, 0.4) is 0 Å². The minimum absolute atomic E-state index is 0.178. The van der Waals surface area contributed by atoms with E-state index in [2.05, 4.69) is 5.32 Å². The predicted molar refractivity (Wildman–Crippen MR) is 100 cm³/mol. The van der Waals surface area contributed by atoms with Crippen molar-refractivity contribution in [2.75, 3.05) is 5.32 Å². The van der Waals surface area contributed by atoms with Gasteiger partial charge in [-0.1, -0.05) is 42.5 Å². The lowest BCUT2D eigenvalue weighted by molar-refractivity contribution is 0.0993. The van der Waals surface area contributed by atoms with E-state index in [-0.39, 0.29) is 12.5 Å². The van der Waals surface area contributed by atoms with Crippen molar-refractivity contribution in [1.29, 1.82) is 0 Å². The summed E-state index contributed by atoms with van der Waals surface area (Å²) in [5.41, 5.74) is 7.85. The highest BCUT2D eigenvalue weighted by Crippen LogP contribution is 2.19. The Bertz CT molecular complexity index is 906. The molecule has 0 spiro atoms. The van der Waals surface area contributed by atoms with Gasteiger partial charge in [0, 0.05) is 11.3 Å². The molecule has 26 heavy (non-hydrogen) atoms. The molecule has 3 N–H and O–H groups in total. The number of carbonyl (C=O) groups excluding carboxylic acids is 2. The Morgan fingerprint density at radius 2 is 1.50 bits per heavy atom. The number of primary amides is 1. The molecule has 0 aliphatic rings. The van der Waals surface area contributed by atoms with Gasteiger partial charge in [0.15, 0.2) is 0 Å². The van der Waals surface area contributed by atoms with Crippen LogP contribution >= 0.6 is 0 Å². The van der Waals surface area contributed by atoms with E-state index in [1.807, 2.05) is 42.5 Å². The van der Waals surface area contributed by atoms with Crippen LogP contribution in [0.5, 0.6) is 5.75 Å². The zero-order chi connectivity index (χ0) is 18.4. The van der Waals surface area contributed by atoms with Crippen LogP contribution in [-0.4, -0.2) is 11.8 Å². The zero-order valence-electron chi connectivity index (χ0n) is 14.0. The minimum atomic E-state index is -0.534. The highest BCUT2D eigenvalue weighted by atomic mass is 16.5. The second-order valence-electron chi connectivity index (χ2n) is 5.67. The normalized spacial score (nSPS) is 10.2. The van der Waals surface area contributed by atoms with Gasteiger partial charge in [-0.2, -0.15) is 0 Å². The van der Waals surface area contributed by atoms with E-state index >= 15 is 0 Å². The quantitative estimate of drug-likeness (QED) is 0.715. The number of rotatable bonds is 6. The SMILES string of the molecule is NC(=O)c1ccccc1OCc1ccc(C(=O)Nc2ccccc2)cc1. The van der Waals surface area contributed by atoms with Crippen LogP contribution in [0.1, 0.15) is 26.3 Å². The lowest BCUT2D eigenvalue weighted by atomic mass is 10.1. The molecule has 3 aromatic rings. The van der Waals surface area contributed by atoms with E-state index in [0.29, 0.717) is 16.9 Å². The van der Waals surface area contributed by atoms with Gasteiger partial charge in [-0.05, 0) is 42.0 Å². The molecular weight excluding hydrogens is 328 g/mol. The number of anilines is 1. The third-order valence-electron chi connectivity index (χ3n) is 3.79. The lowest BCUT2D eigenvalue weighted by Gasteiger charge is -2.10.